The first kappa shape index (κ1) is 19.6. The molecule has 0 bridgehead atoms. The van der Waals surface area contributed by atoms with Gasteiger partial charge in [-0.1, -0.05) is 12.1 Å². The van der Waals surface area contributed by atoms with Crippen LogP contribution in [0.2, 0.25) is 0 Å². The van der Waals surface area contributed by atoms with E-state index in [9.17, 15) is 14.4 Å². The van der Waals surface area contributed by atoms with Crippen molar-refractivity contribution in [1.29, 1.82) is 0 Å². The van der Waals surface area contributed by atoms with Gasteiger partial charge in [0.2, 0.25) is 0 Å². The SMILES string of the molecule is CNC(=O)c1ccc(C)c(NC(=O)c2cccc(NC(=O)C3CCCO3)c2)c1. The van der Waals surface area contributed by atoms with Crippen LogP contribution in [0.3, 0.4) is 0 Å². The second-order valence-electron chi connectivity index (χ2n) is 6.63. The summed E-state index contributed by atoms with van der Waals surface area (Å²) >= 11 is 0. The maximum Gasteiger partial charge on any atom is 0.255 e. The Labute approximate surface area is 163 Å². The zero-order valence-electron chi connectivity index (χ0n) is 15.9. The van der Waals surface area contributed by atoms with Crippen LogP contribution < -0.4 is 16.0 Å². The van der Waals surface area contributed by atoms with Crippen LogP contribution in [0.4, 0.5) is 11.4 Å². The van der Waals surface area contributed by atoms with E-state index in [2.05, 4.69) is 16.0 Å². The third kappa shape index (κ3) is 4.55. The average Bonchev–Trinajstić information content (AvgIpc) is 3.24. The van der Waals surface area contributed by atoms with Gasteiger partial charge in [0.25, 0.3) is 17.7 Å². The number of nitrogens with one attached hydrogen (secondary N) is 3. The molecule has 1 atom stereocenters. The van der Waals surface area contributed by atoms with Gasteiger partial charge < -0.3 is 20.7 Å². The third-order valence-corrected chi connectivity index (χ3v) is 4.59. The molecule has 3 N–H and O–H groups in total. The van der Waals surface area contributed by atoms with Crippen molar-refractivity contribution in [2.24, 2.45) is 0 Å². The van der Waals surface area contributed by atoms with Crippen molar-refractivity contribution in [1.82, 2.24) is 5.32 Å². The monoisotopic (exact) mass is 381 g/mol. The van der Waals surface area contributed by atoms with Gasteiger partial charge in [-0.05, 0) is 55.7 Å². The molecule has 0 spiro atoms. The zero-order chi connectivity index (χ0) is 20.1. The maximum atomic E-state index is 12.7. The Bertz CT molecular complexity index is 904. The second kappa shape index (κ2) is 8.67. The second-order valence-corrected chi connectivity index (χ2v) is 6.63. The van der Waals surface area contributed by atoms with Gasteiger partial charge in [-0.3, -0.25) is 14.4 Å². The van der Waals surface area contributed by atoms with E-state index in [4.69, 9.17) is 4.74 Å². The Hall–Kier alpha value is -3.19. The number of carbonyl (C=O) groups excluding carboxylic acids is 3. The number of rotatable bonds is 5. The fourth-order valence-electron chi connectivity index (χ4n) is 2.98. The highest BCUT2D eigenvalue weighted by Crippen LogP contribution is 2.20. The molecule has 1 aliphatic heterocycles. The van der Waals surface area contributed by atoms with E-state index in [1.807, 2.05) is 6.92 Å². The quantitative estimate of drug-likeness (QED) is 0.742. The van der Waals surface area contributed by atoms with E-state index in [1.54, 1.807) is 49.5 Å². The van der Waals surface area contributed by atoms with E-state index in [0.717, 1.165) is 12.0 Å². The number of amides is 3. The highest BCUT2D eigenvalue weighted by Gasteiger charge is 2.23. The molecule has 0 radical (unpaired) electrons. The summed E-state index contributed by atoms with van der Waals surface area (Å²) in [6.07, 6.45) is 1.13. The summed E-state index contributed by atoms with van der Waals surface area (Å²) in [7, 11) is 1.55. The van der Waals surface area contributed by atoms with E-state index < -0.39 is 6.10 Å². The normalized spacial score (nSPS) is 15.7. The Morgan fingerprint density at radius 1 is 1.00 bits per heavy atom. The minimum Gasteiger partial charge on any atom is -0.368 e. The molecular formula is C21H23N3O4. The molecule has 1 saturated heterocycles. The third-order valence-electron chi connectivity index (χ3n) is 4.59. The Morgan fingerprint density at radius 3 is 2.50 bits per heavy atom. The van der Waals surface area contributed by atoms with Crippen LogP contribution in [-0.2, 0) is 9.53 Å². The molecule has 2 aromatic carbocycles. The summed E-state index contributed by atoms with van der Waals surface area (Å²) in [5.74, 6) is -0.760. The molecule has 28 heavy (non-hydrogen) atoms. The Balaban J connectivity index is 1.72. The van der Waals surface area contributed by atoms with Gasteiger partial charge in [0.05, 0.1) is 0 Å². The van der Waals surface area contributed by atoms with Crippen LogP contribution in [0.25, 0.3) is 0 Å². The predicted octanol–water partition coefficient (Wildman–Crippen LogP) is 2.72. The summed E-state index contributed by atoms with van der Waals surface area (Å²) in [5, 5.41) is 8.17. The highest BCUT2D eigenvalue weighted by molar-refractivity contribution is 6.06. The van der Waals surface area contributed by atoms with Crippen LogP contribution in [-0.4, -0.2) is 37.5 Å². The molecule has 7 nitrogen and oxygen atoms in total. The summed E-state index contributed by atoms with van der Waals surface area (Å²) in [5.41, 5.74) is 2.78. The van der Waals surface area contributed by atoms with E-state index in [-0.39, 0.29) is 17.7 Å². The molecule has 1 fully saturated rings. The van der Waals surface area contributed by atoms with Gasteiger partial charge >= 0.3 is 0 Å². The van der Waals surface area contributed by atoms with Crippen LogP contribution in [0.5, 0.6) is 0 Å². The molecular weight excluding hydrogens is 358 g/mol. The van der Waals surface area contributed by atoms with Crippen molar-refractivity contribution in [2.75, 3.05) is 24.3 Å². The van der Waals surface area contributed by atoms with Crippen LogP contribution >= 0.6 is 0 Å². The molecule has 0 aliphatic carbocycles. The lowest BCUT2D eigenvalue weighted by molar-refractivity contribution is -0.124. The smallest absolute Gasteiger partial charge is 0.255 e. The van der Waals surface area contributed by atoms with Gasteiger partial charge in [-0.2, -0.15) is 0 Å². The number of benzene rings is 2. The van der Waals surface area contributed by atoms with Gasteiger partial charge in [-0.15, -0.1) is 0 Å². The largest absolute Gasteiger partial charge is 0.368 e. The maximum absolute atomic E-state index is 12.7. The minimum atomic E-state index is -0.437. The number of hydrogen-bond donors (Lipinski definition) is 3. The lowest BCUT2D eigenvalue weighted by atomic mass is 10.1. The lowest BCUT2D eigenvalue weighted by Crippen LogP contribution is -2.27. The molecule has 2 aromatic rings. The molecule has 1 unspecified atom stereocenters. The lowest BCUT2D eigenvalue weighted by Gasteiger charge is -2.13. The first-order valence-electron chi connectivity index (χ1n) is 9.14. The number of hydrogen-bond acceptors (Lipinski definition) is 4. The van der Waals surface area contributed by atoms with Crippen LogP contribution in [0, 0.1) is 6.92 Å². The molecule has 3 rings (SSSR count). The van der Waals surface area contributed by atoms with Gasteiger partial charge in [0.15, 0.2) is 0 Å². The highest BCUT2D eigenvalue weighted by atomic mass is 16.5. The molecule has 0 aromatic heterocycles. The predicted molar refractivity (Wildman–Crippen MR) is 107 cm³/mol. The Morgan fingerprint density at radius 2 is 1.79 bits per heavy atom. The molecule has 1 aliphatic rings. The molecule has 7 heteroatoms. The minimum absolute atomic E-state index is 0.204. The molecule has 0 saturated carbocycles. The average molecular weight is 381 g/mol. The summed E-state index contributed by atoms with van der Waals surface area (Å²) < 4.78 is 5.37. The number of aryl methyl sites for hydroxylation is 1. The van der Waals surface area contributed by atoms with E-state index in [1.165, 1.54) is 0 Å². The number of carbonyl (C=O) groups is 3. The van der Waals surface area contributed by atoms with E-state index >= 15 is 0 Å². The first-order valence-corrected chi connectivity index (χ1v) is 9.14. The molecule has 1 heterocycles. The number of anilines is 2. The fourth-order valence-corrected chi connectivity index (χ4v) is 2.98. The standard InChI is InChI=1S/C21H23N3O4/c1-13-8-9-15(19(25)22-2)12-17(13)24-20(26)14-5-3-6-16(11-14)23-21(27)18-7-4-10-28-18/h3,5-6,8-9,11-12,18H,4,7,10H2,1-2H3,(H,22,25)(H,23,27)(H,24,26). The zero-order valence-corrected chi connectivity index (χ0v) is 15.9. The topological polar surface area (TPSA) is 96.5 Å². The molecule has 3 amide bonds. The van der Waals surface area contributed by atoms with Gasteiger partial charge in [-0.25, -0.2) is 0 Å². The van der Waals surface area contributed by atoms with Crippen molar-refractivity contribution in [2.45, 2.75) is 25.9 Å². The van der Waals surface area contributed by atoms with Crippen molar-refractivity contribution in [3.8, 4) is 0 Å². The molecule has 146 valence electrons. The Kier molecular flexibility index (Phi) is 6.06. The summed E-state index contributed by atoms with van der Waals surface area (Å²) in [6, 6.07) is 11.8. The van der Waals surface area contributed by atoms with Gasteiger partial charge in [0.1, 0.15) is 6.10 Å². The van der Waals surface area contributed by atoms with Gasteiger partial charge in [0, 0.05) is 36.2 Å². The van der Waals surface area contributed by atoms with Crippen molar-refractivity contribution in [3.05, 3.63) is 59.2 Å². The van der Waals surface area contributed by atoms with E-state index in [0.29, 0.717) is 35.5 Å². The van der Waals surface area contributed by atoms with Crippen LogP contribution in [0.15, 0.2) is 42.5 Å². The van der Waals surface area contributed by atoms with Crippen molar-refractivity contribution >= 4 is 29.1 Å². The van der Waals surface area contributed by atoms with Crippen molar-refractivity contribution in [3.63, 3.8) is 0 Å². The summed E-state index contributed by atoms with van der Waals surface area (Å²) in [6.45, 7) is 2.44. The first-order chi connectivity index (χ1) is 13.5. The summed E-state index contributed by atoms with van der Waals surface area (Å²) in [4.78, 5) is 36.7. The van der Waals surface area contributed by atoms with Crippen molar-refractivity contribution < 1.29 is 19.1 Å². The fraction of sp³-hybridized carbons (Fsp3) is 0.286. The number of ether oxygens (including phenoxy) is 1. The van der Waals surface area contributed by atoms with Crippen LogP contribution in [0.1, 0.15) is 39.1 Å².